The van der Waals surface area contributed by atoms with Gasteiger partial charge in [0.25, 0.3) is 0 Å². The smallest absolute Gasteiger partial charge is 0.330 e. The first-order valence-corrected chi connectivity index (χ1v) is 23.4. The third kappa shape index (κ3) is 12.7. The molecule has 63 heavy (non-hydrogen) atoms. The molecule has 0 aromatic heterocycles. The minimum atomic E-state index is -2.13. The van der Waals surface area contributed by atoms with E-state index in [1.54, 1.807) is 6.92 Å². The Balaban J connectivity index is 1.49. The Labute approximate surface area is 373 Å². The quantitative estimate of drug-likeness (QED) is 0.141. The van der Waals surface area contributed by atoms with Gasteiger partial charge in [-0.2, -0.15) is 0 Å². The average Bonchev–Trinajstić information content (AvgIpc) is 3.23. The average molecular weight is 901 g/mol. The fraction of sp³-hybridized carbons (Fsp3) is 0.894. The Kier molecular flexibility index (Phi) is 17.9. The molecule has 0 aromatic carbocycles. The summed E-state index contributed by atoms with van der Waals surface area (Å²) in [7, 11) is 1.43. The summed E-state index contributed by atoms with van der Waals surface area (Å²) in [5.41, 5.74) is -3.97. The maximum absolute atomic E-state index is 13.7. The first-order valence-electron chi connectivity index (χ1n) is 23.4. The fourth-order valence-corrected chi connectivity index (χ4v) is 10.1. The summed E-state index contributed by atoms with van der Waals surface area (Å²) < 4.78 is 43.6. The summed E-state index contributed by atoms with van der Waals surface area (Å²) in [6, 6.07) is 0. The summed E-state index contributed by atoms with van der Waals surface area (Å²) >= 11 is 0. The van der Waals surface area contributed by atoms with Crippen molar-refractivity contribution in [1.29, 1.82) is 0 Å². The highest BCUT2D eigenvalue weighted by atomic mass is 16.7. The first kappa shape index (κ1) is 52.4. The highest BCUT2D eigenvalue weighted by Gasteiger charge is 2.55. The van der Waals surface area contributed by atoms with Crippen molar-refractivity contribution in [3.63, 3.8) is 0 Å². The molecule has 4 fully saturated rings. The van der Waals surface area contributed by atoms with E-state index in [-0.39, 0.29) is 43.6 Å². The third-order valence-corrected chi connectivity index (χ3v) is 14.8. The summed E-state index contributed by atoms with van der Waals surface area (Å²) in [6.45, 7) is 14.0. The molecule has 0 aliphatic carbocycles. The van der Waals surface area contributed by atoms with Crippen molar-refractivity contribution in [1.82, 2.24) is 0 Å². The predicted octanol–water partition coefficient (Wildman–Crippen LogP) is 3.16. The number of fused-ring (bicyclic) bond motifs is 3. The topological polar surface area (TPSA) is 244 Å². The van der Waals surface area contributed by atoms with Crippen LogP contribution in [0.15, 0.2) is 24.3 Å². The van der Waals surface area contributed by atoms with Gasteiger partial charge in [0, 0.05) is 56.6 Å². The molecular weight excluding hydrogens is 821 g/mol. The van der Waals surface area contributed by atoms with Crippen LogP contribution in [0.4, 0.5) is 0 Å². The van der Waals surface area contributed by atoms with E-state index in [9.17, 15) is 45.6 Å². The maximum atomic E-state index is 13.7. The zero-order valence-corrected chi connectivity index (χ0v) is 39.0. The van der Waals surface area contributed by atoms with Crippen LogP contribution in [0.1, 0.15) is 126 Å². The molecule has 1 spiro atoms. The van der Waals surface area contributed by atoms with Crippen LogP contribution >= 0.6 is 0 Å². The summed E-state index contributed by atoms with van der Waals surface area (Å²) in [5, 5.41) is 92.3. The van der Waals surface area contributed by atoms with E-state index in [4.69, 9.17) is 33.2 Å². The van der Waals surface area contributed by atoms with Crippen molar-refractivity contribution in [2.45, 2.75) is 222 Å². The fourth-order valence-electron chi connectivity index (χ4n) is 10.1. The lowest BCUT2D eigenvalue weighted by atomic mass is 9.77. The number of esters is 1. The molecule has 16 nitrogen and oxygen atoms in total. The standard InChI is InChI=1S/C47H80O16/c1-10-32(48)21-33-27(3)15-19-46(62-33)23-35-28(4)36(63-46)24-47(56)31(20-26(2)25-58-47)14-12-11-13-17-44(7,54)43(53)41(61-38-22-34(57-9)40(51)30(6)59-38)39(50)29(5)42(52)45(8,55)18-16-37(49)60-35/h12,14,16,18,26-36,38-43,48,50-56H,10-11,13,15,17,19-25H2,1-9H3/b14-12-,18-16-/t26-,27+,28+,29-,30+,31+,32+,33-,34-,35-,36-,38-,39+,40+,41-,42-,43+,44+,45+,46+,47-/m0/s1. The molecule has 0 unspecified atom stereocenters. The summed E-state index contributed by atoms with van der Waals surface area (Å²) in [5.74, 6) is -5.51. The van der Waals surface area contributed by atoms with Gasteiger partial charge < -0.3 is 74.0 Å². The van der Waals surface area contributed by atoms with Crippen molar-refractivity contribution in [3.8, 4) is 0 Å². The number of methoxy groups -OCH3 is 1. The normalized spacial score (nSPS) is 50.3. The molecular formula is C47H80O16. The van der Waals surface area contributed by atoms with Crippen LogP contribution in [0.25, 0.3) is 0 Å². The van der Waals surface area contributed by atoms with Gasteiger partial charge in [0.2, 0.25) is 0 Å². The molecule has 0 aromatic rings. The Morgan fingerprint density at radius 1 is 0.905 bits per heavy atom. The van der Waals surface area contributed by atoms with Crippen LogP contribution in [-0.4, -0.2) is 157 Å². The van der Waals surface area contributed by atoms with Crippen LogP contribution in [0.2, 0.25) is 0 Å². The zero-order chi connectivity index (χ0) is 46.7. The molecule has 0 amide bonds. The monoisotopic (exact) mass is 901 g/mol. The number of aliphatic hydroxyl groups excluding tert-OH is 5. The minimum Gasteiger partial charge on any atom is -0.459 e. The highest BCUT2D eigenvalue weighted by molar-refractivity contribution is 5.82. The lowest BCUT2D eigenvalue weighted by Crippen LogP contribution is -2.59. The molecule has 2 bridgehead atoms. The van der Waals surface area contributed by atoms with Gasteiger partial charge in [-0.3, -0.25) is 0 Å². The lowest BCUT2D eigenvalue weighted by Gasteiger charge is -2.53. The largest absolute Gasteiger partial charge is 0.459 e. The molecule has 5 rings (SSSR count). The minimum absolute atomic E-state index is 0.0294. The molecule has 364 valence electrons. The third-order valence-electron chi connectivity index (χ3n) is 14.8. The summed E-state index contributed by atoms with van der Waals surface area (Å²) in [6.07, 6.45) is -2.72. The van der Waals surface area contributed by atoms with Crippen molar-refractivity contribution in [2.75, 3.05) is 13.7 Å². The second-order valence-corrected chi connectivity index (χ2v) is 20.2. The van der Waals surface area contributed by atoms with E-state index in [1.165, 1.54) is 27.9 Å². The van der Waals surface area contributed by atoms with E-state index in [0.29, 0.717) is 45.1 Å². The molecule has 16 heteroatoms. The molecule has 8 N–H and O–H groups in total. The number of aliphatic hydroxyl groups is 8. The maximum Gasteiger partial charge on any atom is 0.330 e. The van der Waals surface area contributed by atoms with Crippen LogP contribution in [-0.2, 0) is 38.0 Å². The Hall–Kier alpha value is -1.61. The van der Waals surface area contributed by atoms with E-state index < -0.39 is 114 Å². The lowest BCUT2D eigenvalue weighted by molar-refractivity contribution is -0.362. The van der Waals surface area contributed by atoms with Crippen LogP contribution < -0.4 is 0 Å². The van der Waals surface area contributed by atoms with Gasteiger partial charge in [-0.15, -0.1) is 0 Å². The number of rotatable bonds is 6. The second kappa shape index (κ2) is 21.6. The second-order valence-electron chi connectivity index (χ2n) is 20.2. The van der Waals surface area contributed by atoms with Gasteiger partial charge in [0.1, 0.15) is 30.0 Å². The molecule has 0 radical (unpaired) electrons. The number of ether oxygens (including phenoxy) is 7. The SMILES string of the molecule is CC[C@@H](O)C[C@@H]1O[C@@]2(CC[C@H]1C)C[C@@H]1OC(=O)/C=C\[C@@](C)(O)[C@@H](O)[C@@H](C)[C@@H](O)[C@H](O[C@H]3C[C@H](OC)[C@H](O)[C@@H](C)O3)[C@@H](O)[C@](C)(O)CCC/C=C\[C@@H]3C[C@H](C)CO[C@@]3(O)C[C@H](O2)[C@@H]1C. The first-order chi connectivity index (χ1) is 29.4. The molecule has 5 heterocycles. The number of hydrogen-bond acceptors (Lipinski definition) is 16. The van der Waals surface area contributed by atoms with Gasteiger partial charge in [0.15, 0.2) is 17.9 Å². The van der Waals surface area contributed by atoms with Crippen molar-refractivity contribution in [2.24, 2.45) is 29.6 Å². The number of hydrogen-bond donors (Lipinski definition) is 8. The Morgan fingerprint density at radius 3 is 2.30 bits per heavy atom. The van der Waals surface area contributed by atoms with Crippen LogP contribution in [0.5, 0.6) is 0 Å². The molecule has 4 saturated heterocycles. The van der Waals surface area contributed by atoms with Crippen LogP contribution in [0, 0.1) is 29.6 Å². The van der Waals surface area contributed by atoms with Crippen molar-refractivity contribution < 1.29 is 78.8 Å². The Bertz CT molecular complexity index is 1520. The molecule has 5 aliphatic heterocycles. The summed E-state index contributed by atoms with van der Waals surface area (Å²) in [4.78, 5) is 13.7. The van der Waals surface area contributed by atoms with E-state index in [1.807, 2.05) is 32.9 Å². The molecule has 5 aliphatic rings. The molecule has 0 saturated carbocycles. The number of allylic oxidation sites excluding steroid dienone is 1. The molecule has 21 atom stereocenters. The Morgan fingerprint density at radius 2 is 1.62 bits per heavy atom. The van der Waals surface area contributed by atoms with Gasteiger partial charge in [-0.05, 0) is 83.6 Å². The van der Waals surface area contributed by atoms with Crippen molar-refractivity contribution >= 4 is 5.97 Å². The van der Waals surface area contributed by atoms with Gasteiger partial charge >= 0.3 is 5.97 Å². The van der Waals surface area contributed by atoms with E-state index in [0.717, 1.165) is 18.6 Å². The van der Waals surface area contributed by atoms with Crippen LogP contribution in [0.3, 0.4) is 0 Å². The van der Waals surface area contributed by atoms with Crippen molar-refractivity contribution in [3.05, 3.63) is 24.3 Å². The number of carbonyl (C=O) groups excluding carboxylic acids is 1. The highest BCUT2D eigenvalue weighted by Crippen LogP contribution is 2.48. The van der Waals surface area contributed by atoms with E-state index in [2.05, 4.69) is 6.92 Å². The number of carbonyl (C=O) groups is 1. The predicted molar refractivity (Wildman–Crippen MR) is 229 cm³/mol. The van der Waals surface area contributed by atoms with Gasteiger partial charge in [-0.25, -0.2) is 4.79 Å². The zero-order valence-electron chi connectivity index (χ0n) is 39.0. The van der Waals surface area contributed by atoms with E-state index >= 15 is 0 Å². The van der Waals surface area contributed by atoms with Gasteiger partial charge in [0.05, 0.1) is 54.9 Å². The van der Waals surface area contributed by atoms with Gasteiger partial charge in [-0.1, -0.05) is 46.8 Å².